The van der Waals surface area contributed by atoms with Gasteiger partial charge in [0.1, 0.15) is 0 Å². The maximum absolute atomic E-state index is 10.7. The van der Waals surface area contributed by atoms with E-state index in [9.17, 15) is 4.79 Å². The fourth-order valence-corrected chi connectivity index (χ4v) is 1.86. The molecule has 80 valence electrons. The predicted octanol–water partition coefficient (Wildman–Crippen LogP) is 1.94. The average molecular weight is 205 g/mol. The third-order valence-electron chi connectivity index (χ3n) is 2.95. The van der Waals surface area contributed by atoms with Crippen LogP contribution in [0.15, 0.2) is 24.3 Å². The van der Waals surface area contributed by atoms with Crippen molar-refractivity contribution in [1.29, 1.82) is 0 Å². The molecule has 1 N–H and O–H groups in total. The highest BCUT2D eigenvalue weighted by Gasteiger charge is 2.43. The molecule has 3 nitrogen and oxygen atoms in total. The van der Waals surface area contributed by atoms with Crippen molar-refractivity contribution in [2.24, 2.45) is 5.92 Å². The first kappa shape index (κ1) is 10.0. The van der Waals surface area contributed by atoms with E-state index in [1.54, 1.807) is 0 Å². The zero-order chi connectivity index (χ0) is 11.0. The highest BCUT2D eigenvalue weighted by Crippen LogP contribution is 2.47. The number of carboxylic acid groups (broad SMARTS) is 1. The molecule has 1 aromatic rings. The molecule has 0 aromatic heterocycles. The van der Waals surface area contributed by atoms with Crippen molar-refractivity contribution in [3.05, 3.63) is 29.8 Å². The molecule has 2 rings (SSSR count). The summed E-state index contributed by atoms with van der Waals surface area (Å²) in [5, 5.41) is 8.82. The molecule has 1 aliphatic rings. The lowest BCUT2D eigenvalue weighted by atomic mass is 10.1. The van der Waals surface area contributed by atoms with Crippen molar-refractivity contribution >= 4 is 11.7 Å². The molecule has 0 aliphatic heterocycles. The number of carboxylic acids is 1. The molecule has 0 bridgehead atoms. The summed E-state index contributed by atoms with van der Waals surface area (Å²) in [5.41, 5.74) is 2.29. The summed E-state index contributed by atoms with van der Waals surface area (Å²) in [6.07, 6.45) is 0.788. The van der Waals surface area contributed by atoms with Crippen LogP contribution in [0, 0.1) is 5.92 Å². The van der Waals surface area contributed by atoms with Gasteiger partial charge in [-0.05, 0) is 30.0 Å². The van der Waals surface area contributed by atoms with Crippen molar-refractivity contribution < 1.29 is 9.90 Å². The molecular formula is C12H15NO2. The third kappa shape index (κ3) is 1.96. The van der Waals surface area contributed by atoms with Gasteiger partial charge in [0.15, 0.2) is 0 Å². The molecule has 0 heterocycles. The van der Waals surface area contributed by atoms with E-state index < -0.39 is 5.97 Å². The lowest BCUT2D eigenvalue weighted by Gasteiger charge is -2.12. The lowest BCUT2D eigenvalue weighted by Crippen LogP contribution is -2.08. The Labute approximate surface area is 89.3 Å². The molecule has 0 radical (unpaired) electrons. The molecule has 0 saturated heterocycles. The van der Waals surface area contributed by atoms with E-state index in [0.29, 0.717) is 0 Å². The van der Waals surface area contributed by atoms with Gasteiger partial charge in [0.2, 0.25) is 0 Å². The Balaban J connectivity index is 2.09. The predicted molar refractivity (Wildman–Crippen MR) is 59.3 cm³/mol. The van der Waals surface area contributed by atoms with Crippen LogP contribution in [0.3, 0.4) is 0 Å². The highest BCUT2D eigenvalue weighted by atomic mass is 16.4. The topological polar surface area (TPSA) is 40.5 Å². The van der Waals surface area contributed by atoms with E-state index in [1.165, 1.54) is 0 Å². The van der Waals surface area contributed by atoms with Crippen molar-refractivity contribution in [3.8, 4) is 0 Å². The van der Waals surface area contributed by atoms with Gasteiger partial charge in [-0.3, -0.25) is 4.79 Å². The Bertz CT molecular complexity index is 370. The molecule has 1 saturated carbocycles. The summed E-state index contributed by atoms with van der Waals surface area (Å²) in [6, 6.07) is 8.13. The van der Waals surface area contributed by atoms with Gasteiger partial charge in [-0.15, -0.1) is 0 Å². The third-order valence-corrected chi connectivity index (χ3v) is 2.95. The number of aliphatic carboxylic acids is 1. The maximum atomic E-state index is 10.7. The molecule has 0 unspecified atom stereocenters. The molecule has 1 aliphatic carbocycles. The Hall–Kier alpha value is -1.51. The molecule has 2 atom stereocenters. The first-order chi connectivity index (χ1) is 7.09. The molecule has 15 heavy (non-hydrogen) atoms. The number of benzene rings is 1. The van der Waals surface area contributed by atoms with Gasteiger partial charge >= 0.3 is 5.97 Å². The normalized spacial score (nSPS) is 23.6. The van der Waals surface area contributed by atoms with E-state index in [4.69, 9.17) is 5.11 Å². The van der Waals surface area contributed by atoms with Crippen LogP contribution in [0.4, 0.5) is 5.69 Å². The second-order valence-electron chi connectivity index (χ2n) is 4.27. The largest absolute Gasteiger partial charge is 0.481 e. The summed E-state index contributed by atoms with van der Waals surface area (Å²) in [5.74, 6) is -0.592. The first-order valence-corrected chi connectivity index (χ1v) is 5.09. The van der Waals surface area contributed by atoms with E-state index in [0.717, 1.165) is 17.7 Å². The SMILES string of the molecule is CN(C)c1ccc([C@@H]2C[C@@H]2C(=O)O)cc1. The smallest absolute Gasteiger partial charge is 0.307 e. The zero-order valence-electron chi connectivity index (χ0n) is 8.97. The highest BCUT2D eigenvalue weighted by molar-refractivity contribution is 5.75. The first-order valence-electron chi connectivity index (χ1n) is 5.09. The molecular weight excluding hydrogens is 190 g/mol. The van der Waals surface area contributed by atoms with Crippen LogP contribution >= 0.6 is 0 Å². The van der Waals surface area contributed by atoms with Crippen LogP contribution in [0.2, 0.25) is 0 Å². The Morgan fingerprint density at radius 2 is 1.93 bits per heavy atom. The molecule has 0 spiro atoms. The van der Waals surface area contributed by atoms with Crippen LogP contribution in [-0.4, -0.2) is 25.2 Å². The zero-order valence-corrected chi connectivity index (χ0v) is 8.97. The van der Waals surface area contributed by atoms with Gasteiger partial charge in [-0.1, -0.05) is 12.1 Å². The quantitative estimate of drug-likeness (QED) is 0.819. The average Bonchev–Trinajstić information content (AvgIpc) is 2.97. The number of hydrogen-bond donors (Lipinski definition) is 1. The Kier molecular flexibility index (Phi) is 2.39. The standard InChI is InChI=1S/C12H15NO2/c1-13(2)9-5-3-8(4-6-9)10-7-11(10)12(14)15/h3-6,10-11H,7H2,1-2H3,(H,14,15)/t10-,11-/m0/s1. The van der Waals surface area contributed by atoms with Gasteiger partial charge in [0, 0.05) is 19.8 Å². The van der Waals surface area contributed by atoms with Gasteiger partial charge in [-0.25, -0.2) is 0 Å². The molecule has 0 amide bonds. The van der Waals surface area contributed by atoms with E-state index in [2.05, 4.69) is 0 Å². The molecule has 1 aromatic carbocycles. The van der Waals surface area contributed by atoms with Crippen LogP contribution in [-0.2, 0) is 4.79 Å². The van der Waals surface area contributed by atoms with Crippen LogP contribution in [0.1, 0.15) is 17.9 Å². The van der Waals surface area contributed by atoms with Crippen LogP contribution in [0.25, 0.3) is 0 Å². The fraction of sp³-hybridized carbons (Fsp3) is 0.417. The minimum Gasteiger partial charge on any atom is -0.481 e. The second-order valence-corrected chi connectivity index (χ2v) is 4.27. The minimum absolute atomic E-state index is 0.157. The summed E-state index contributed by atoms with van der Waals surface area (Å²) in [4.78, 5) is 12.7. The number of hydrogen-bond acceptors (Lipinski definition) is 2. The van der Waals surface area contributed by atoms with Crippen molar-refractivity contribution in [2.45, 2.75) is 12.3 Å². The summed E-state index contributed by atoms with van der Waals surface area (Å²) in [7, 11) is 3.98. The number of nitrogens with zero attached hydrogens (tertiary/aromatic N) is 1. The summed E-state index contributed by atoms with van der Waals surface area (Å²) < 4.78 is 0. The van der Waals surface area contributed by atoms with E-state index in [-0.39, 0.29) is 11.8 Å². The van der Waals surface area contributed by atoms with Gasteiger partial charge < -0.3 is 10.0 Å². The molecule has 3 heteroatoms. The Morgan fingerprint density at radius 1 is 1.33 bits per heavy atom. The Morgan fingerprint density at radius 3 is 2.33 bits per heavy atom. The number of rotatable bonds is 3. The lowest BCUT2D eigenvalue weighted by molar-refractivity contribution is -0.138. The van der Waals surface area contributed by atoms with Crippen molar-refractivity contribution in [3.63, 3.8) is 0 Å². The van der Waals surface area contributed by atoms with Crippen molar-refractivity contribution in [2.75, 3.05) is 19.0 Å². The van der Waals surface area contributed by atoms with Gasteiger partial charge in [0.25, 0.3) is 0 Å². The monoisotopic (exact) mass is 205 g/mol. The van der Waals surface area contributed by atoms with Crippen LogP contribution in [0.5, 0.6) is 0 Å². The van der Waals surface area contributed by atoms with Gasteiger partial charge in [-0.2, -0.15) is 0 Å². The maximum Gasteiger partial charge on any atom is 0.307 e. The number of carbonyl (C=O) groups is 1. The minimum atomic E-state index is -0.670. The second kappa shape index (κ2) is 3.57. The van der Waals surface area contributed by atoms with Gasteiger partial charge in [0.05, 0.1) is 5.92 Å². The van der Waals surface area contributed by atoms with Crippen LogP contribution < -0.4 is 4.90 Å². The number of anilines is 1. The molecule has 1 fully saturated rings. The van der Waals surface area contributed by atoms with E-state index >= 15 is 0 Å². The summed E-state index contributed by atoms with van der Waals surface area (Å²) in [6.45, 7) is 0. The summed E-state index contributed by atoms with van der Waals surface area (Å²) >= 11 is 0. The fourth-order valence-electron chi connectivity index (χ4n) is 1.86. The van der Waals surface area contributed by atoms with Crippen molar-refractivity contribution in [1.82, 2.24) is 0 Å². The van der Waals surface area contributed by atoms with E-state index in [1.807, 2.05) is 43.3 Å².